The fourth-order valence-electron chi connectivity index (χ4n) is 5.96. The van der Waals surface area contributed by atoms with Gasteiger partial charge in [-0.05, 0) is 55.4 Å². The van der Waals surface area contributed by atoms with Gasteiger partial charge in [-0.15, -0.1) is 0 Å². The van der Waals surface area contributed by atoms with Crippen LogP contribution < -0.4 is 0 Å². The number of esters is 2. The Morgan fingerprint density at radius 3 is 2.71 bits per heavy atom. The van der Waals surface area contributed by atoms with E-state index in [1.807, 2.05) is 6.08 Å². The average Bonchev–Trinajstić information content (AvgIpc) is 2.92. The molecule has 4 aliphatic rings. The third kappa shape index (κ3) is 1.98. The number of carbonyl (C=O) groups is 2. The standard InChI is InChI=1S/C20H26O4/c1-19-10-8-14-12(13(19)5-6-15(19)18(22)23-3)4-7-16-20(14,2)11-9-17(21)24-16/h4,7,13-15H,5-6,8-11H2,1-3H3/t13?,14?,15-,19+,20-/m1/s1. The molecule has 5 atom stereocenters. The molecule has 4 nitrogen and oxygen atoms in total. The fraction of sp³-hybridized carbons (Fsp3) is 0.700. The Hall–Kier alpha value is -1.58. The Balaban J connectivity index is 1.71. The molecule has 0 aromatic heterocycles. The van der Waals surface area contributed by atoms with Crippen molar-refractivity contribution < 1.29 is 19.1 Å². The van der Waals surface area contributed by atoms with Crippen molar-refractivity contribution in [3.63, 3.8) is 0 Å². The molecule has 0 aromatic rings. The minimum absolute atomic E-state index is 0.00245. The topological polar surface area (TPSA) is 52.6 Å². The molecule has 0 aromatic carbocycles. The summed E-state index contributed by atoms with van der Waals surface area (Å²) in [6.45, 7) is 4.52. The van der Waals surface area contributed by atoms with Crippen LogP contribution in [0.25, 0.3) is 0 Å². The van der Waals surface area contributed by atoms with E-state index in [0.717, 1.165) is 37.9 Å². The van der Waals surface area contributed by atoms with E-state index in [1.54, 1.807) is 0 Å². The van der Waals surface area contributed by atoms with E-state index in [1.165, 1.54) is 12.7 Å². The van der Waals surface area contributed by atoms with Crippen LogP contribution >= 0.6 is 0 Å². The van der Waals surface area contributed by atoms with Gasteiger partial charge in [0.1, 0.15) is 5.76 Å². The lowest BCUT2D eigenvalue weighted by molar-refractivity contribution is -0.152. The molecule has 4 heteroatoms. The van der Waals surface area contributed by atoms with Crippen LogP contribution in [0.4, 0.5) is 0 Å². The number of carbonyl (C=O) groups excluding carboxylic acids is 2. The summed E-state index contributed by atoms with van der Waals surface area (Å²) in [5.74, 6) is 1.56. The minimum Gasteiger partial charge on any atom is -0.469 e. The molecule has 1 heterocycles. The van der Waals surface area contributed by atoms with Gasteiger partial charge in [0.25, 0.3) is 0 Å². The van der Waals surface area contributed by atoms with Crippen molar-refractivity contribution in [1.29, 1.82) is 0 Å². The molecule has 4 rings (SSSR count). The maximum Gasteiger partial charge on any atom is 0.310 e. The van der Waals surface area contributed by atoms with Crippen LogP contribution in [0.15, 0.2) is 23.5 Å². The normalized spacial score (nSPS) is 43.6. The lowest BCUT2D eigenvalue weighted by Gasteiger charge is -2.52. The van der Waals surface area contributed by atoms with E-state index in [9.17, 15) is 9.59 Å². The zero-order valence-electron chi connectivity index (χ0n) is 14.8. The van der Waals surface area contributed by atoms with Gasteiger partial charge in [-0.2, -0.15) is 0 Å². The molecule has 0 amide bonds. The fourth-order valence-corrected chi connectivity index (χ4v) is 5.96. The van der Waals surface area contributed by atoms with Crippen LogP contribution in [0.5, 0.6) is 0 Å². The highest BCUT2D eigenvalue weighted by Gasteiger charge is 2.58. The Kier molecular flexibility index (Phi) is 3.45. The summed E-state index contributed by atoms with van der Waals surface area (Å²) in [5.41, 5.74) is 1.41. The molecule has 3 fully saturated rings. The first-order valence-electron chi connectivity index (χ1n) is 9.11. The number of methoxy groups -OCH3 is 1. The number of allylic oxidation sites excluding steroid dienone is 4. The van der Waals surface area contributed by atoms with E-state index in [2.05, 4.69) is 19.9 Å². The summed E-state index contributed by atoms with van der Waals surface area (Å²) in [7, 11) is 1.50. The monoisotopic (exact) mass is 330 g/mol. The summed E-state index contributed by atoms with van der Waals surface area (Å²) >= 11 is 0. The van der Waals surface area contributed by atoms with Crippen LogP contribution in [0.2, 0.25) is 0 Å². The molecular formula is C20H26O4. The first-order chi connectivity index (χ1) is 11.4. The number of fused-ring (bicyclic) bond motifs is 5. The Morgan fingerprint density at radius 2 is 1.96 bits per heavy atom. The van der Waals surface area contributed by atoms with Crippen molar-refractivity contribution in [2.24, 2.45) is 28.6 Å². The molecule has 1 saturated heterocycles. The number of rotatable bonds is 1. The van der Waals surface area contributed by atoms with Gasteiger partial charge in [0.2, 0.25) is 0 Å². The van der Waals surface area contributed by atoms with E-state index in [4.69, 9.17) is 9.47 Å². The summed E-state index contributed by atoms with van der Waals surface area (Å²) in [6, 6.07) is 0. The zero-order chi connectivity index (χ0) is 17.1. The van der Waals surface area contributed by atoms with Crippen molar-refractivity contribution in [3.8, 4) is 0 Å². The highest BCUT2D eigenvalue weighted by molar-refractivity contribution is 5.74. The average molecular weight is 330 g/mol. The predicted octanol–water partition coefficient (Wildman–Crippen LogP) is 3.77. The Morgan fingerprint density at radius 1 is 1.17 bits per heavy atom. The zero-order valence-corrected chi connectivity index (χ0v) is 14.8. The van der Waals surface area contributed by atoms with Crippen LogP contribution in [-0.4, -0.2) is 19.0 Å². The second-order valence-electron chi connectivity index (χ2n) is 8.39. The third-order valence-electron chi connectivity index (χ3n) is 7.43. The summed E-state index contributed by atoms with van der Waals surface area (Å²) in [4.78, 5) is 23.9. The van der Waals surface area contributed by atoms with Gasteiger partial charge in [0.05, 0.1) is 13.0 Å². The van der Waals surface area contributed by atoms with Crippen LogP contribution in [0, 0.1) is 28.6 Å². The van der Waals surface area contributed by atoms with Crippen LogP contribution in [-0.2, 0) is 19.1 Å². The van der Waals surface area contributed by atoms with Gasteiger partial charge >= 0.3 is 11.9 Å². The third-order valence-corrected chi connectivity index (χ3v) is 7.43. The molecule has 2 saturated carbocycles. The molecule has 3 aliphatic carbocycles. The smallest absolute Gasteiger partial charge is 0.310 e. The van der Waals surface area contributed by atoms with Gasteiger partial charge < -0.3 is 9.47 Å². The van der Waals surface area contributed by atoms with Crippen LogP contribution in [0.3, 0.4) is 0 Å². The van der Waals surface area contributed by atoms with Gasteiger partial charge in [-0.25, -0.2) is 0 Å². The number of ether oxygens (including phenoxy) is 2. The Labute approximate surface area is 143 Å². The molecule has 0 spiro atoms. The maximum atomic E-state index is 12.3. The molecule has 0 N–H and O–H groups in total. The first-order valence-corrected chi connectivity index (χ1v) is 9.11. The highest BCUT2D eigenvalue weighted by atomic mass is 16.5. The highest BCUT2D eigenvalue weighted by Crippen LogP contribution is 2.64. The van der Waals surface area contributed by atoms with E-state index >= 15 is 0 Å². The first kappa shape index (κ1) is 15.9. The second-order valence-corrected chi connectivity index (χ2v) is 8.39. The van der Waals surface area contributed by atoms with Crippen molar-refractivity contribution in [1.82, 2.24) is 0 Å². The number of hydrogen-bond donors (Lipinski definition) is 0. The molecule has 2 unspecified atom stereocenters. The molecule has 1 aliphatic heterocycles. The molecule has 0 radical (unpaired) electrons. The van der Waals surface area contributed by atoms with Gasteiger partial charge in [0.15, 0.2) is 0 Å². The molecule has 130 valence electrons. The Bertz CT molecular complexity index is 661. The largest absolute Gasteiger partial charge is 0.469 e. The molecular weight excluding hydrogens is 304 g/mol. The van der Waals surface area contributed by atoms with E-state index < -0.39 is 0 Å². The minimum atomic E-state index is -0.108. The SMILES string of the molecule is COC(=O)[C@H]1CCC2C3=CC=C4OC(=O)CC[C@]4(C)C3CC[C@@]21C. The molecule has 0 bridgehead atoms. The summed E-state index contributed by atoms with van der Waals surface area (Å²) in [6.07, 6.45) is 9.63. The summed E-state index contributed by atoms with van der Waals surface area (Å²) < 4.78 is 10.6. The van der Waals surface area contributed by atoms with Crippen molar-refractivity contribution >= 4 is 11.9 Å². The van der Waals surface area contributed by atoms with Gasteiger partial charge in [0, 0.05) is 11.8 Å². The second kappa shape index (κ2) is 5.21. The van der Waals surface area contributed by atoms with Crippen molar-refractivity contribution in [3.05, 3.63) is 23.5 Å². The number of hydrogen-bond acceptors (Lipinski definition) is 4. The summed E-state index contributed by atoms with van der Waals surface area (Å²) in [5, 5.41) is 0. The van der Waals surface area contributed by atoms with Crippen LogP contribution in [0.1, 0.15) is 52.4 Å². The lowest BCUT2D eigenvalue weighted by Crippen LogP contribution is -2.47. The van der Waals surface area contributed by atoms with Crippen molar-refractivity contribution in [2.45, 2.75) is 52.4 Å². The maximum absolute atomic E-state index is 12.3. The van der Waals surface area contributed by atoms with Gasteiger partial charge in [-0.1, -0.05) is 25.5 Å². The van der Waals surface area contributed by atoms with E-state index in [-0.39, 0.29) is 28.7 Å². The molecule has 24 heavy (non-hydrogen) atoms. The predicted molar refractivity (Wildman–Crippen MR) is 88.7 cm³/mol. The van der Waals surface area contributed by atoms with E-state index in [0.29, 0.717) is 18.3 Å². The van der Waals surface area contributed by atoms with Crippen molar-refractivity contribution in [2.75, 3.05) is 7.11 Å². The lowest BCUT2D eigenvalue weighted by atomic mass is 9.53. The quantitative estimate of drug-likeness (QED) is 0.687. The van der Waals surface area contributed by atoms with Gasteiger partial charge in [-0.3, -0.25) is 9.59 Å².